The third kappa shape index (κ3) is 3.77. The Kier molecular flexibility index (Phi) is 5.78. The van der Waals surface area contributed by atoms with Gasteiger partial charge in [-0.2, -0.15) is 0 Å². The first kappa shape index (κ1) is 17.6. The van der Waals surface area contributed by atoms with Gasteiger partial charge in [-0.3, -0.25) is 9.36 Å². The molecule has 0 atom stereocenters. The molecule has 1 aromatic rings. The molecule has 0 spiro atoms. The number of ketones is 1. The van der Waals surface area contributed by atoms with Crippen molar-refractivity contribution in [3.63, 3.8) is 0 Å². The van der Waals surface area contributed by atoms with E-state index in [-0.39, 0.29) is 11.9 Å². The zero-order valence-corrected chi connectivity index (χ0v) is 15.5. The molecule has 0 saturated carbocycles. The number of rotatable bonds is 7. The Hall–Kier alpha value is -0.740. The molecule has 0 unspecified atom stereocenters. The lowest BCUT2D eigenvalue weighted by molar-refractivity contribution is -0.111. The van der Waals surface area contributed by atoms with Crippen molar-refractivity contribution in [2.24, 2.45) is 0 Å². The molecule has 0 N–H and O–H groups in total. The number of fused-ring (bicyclic) bond motifs is 1. The average Bonchev–Trinajstić information content (AvgIpc) is 2.75. The predicted molar refractivity (Wildman–Crippen MR) is 91.2 cm³/mol. The van der Waals surface area contributed by atoms with Gasteiger partial charge in [0.25, 0.3) is 0 Å². The number of hydrogen-bond donors (Lipinski definition) is 0. The fraction of sp³-hybridized carbons (Fsp3) is 0.438. The van der Waals surface area contributed by atoms with Crippen LogP contribution in [0, 0.1) is 0 Å². The maximum atomic E-state index is 12.8. The predicted octanol–water partition coefficient (Wildman–Crippen LogP) is 4.61. The van der Waals surface area contributed by atoms with Gasteiger partial charge in [0, 0.05) is 10.0 Å². The number of carbonyl (C=O) groups excluding carboxylic acids is 1. The van der Waals surface area contributed by atoms with Crippen molar-refractivity contribution in [2.45, 2.75) is 27.2 Å². The van der Waals surface area contributed by atoms with E-state index < -0.39 is 7.60 Å². The van der Waals surface area contributed by atoms with Crippen LogP contribution in [0.25, 0.3) is 5.57 Å². The third-order valence-electron chi connectivity index (χ3n) is 3.48. The van der Waals surface area contributed by atoms with E-state index in [1.165, 1.54) is 0 Å². The highest BCUT2D eigenvalue weighted by Crippen LogP contribution is 2.52. The summed E-state index contributed by atoms with van der Waals surface area (Å²) in [6.45, 7) is 5.74. The van der Waals surface area contributed by atoms with E-state index in [2.05, 4.69) is 15.9 Å². The van der Waals surface area contributed by atoms with E-state index in [0.29, 0.717) is 25.2 Å². The minimum atomic E-state index is -3.21. The molecule has 0 amide bonds. The minimum absolute atomic E-state index is 0.0179. The molecule has 2 rings (SSSR count). The molecule has 0 saturated heterocycles. The Morgan fingerprint density at radius 1 is 1.27 bits per heavy atom. The van der Waals surface area contributed by atoms with Crippen molar-refractivity contribution >= 4 is 34.9 Å². The molecule has 1 aliphatic rings. The Bertz CT molecular complexity index is 656. The van der Waals surface area contributed by atoms with Crippen molar-refractivity contribution in [3.05, 3.63) is 39.4 Å². The van der Waals surface area contributed by atoms with Gasteiger partial charge >= 0.3 is 7.60 Å². The van der Waals surface area contributed by atoms with Crippen LogP contribution >= 0.6 is 23.5 Å². The van der Waals surface area contributed by atoms with Crippen LogP contribution in [0.3, 0.4) is 0 Å². The number of Topliss-reactive ketones (excluding diaryl/α,β-unsaturated/α-hetero) is 1. The number of allylic oxidation sites excluding steroid dienone is 2. The summed E-state index contributed by atoms with van der Waals surface area (Å²) >= 11 is 3.45. The Balaban J connectivity index is 2.39. The first-order chi connectivity index (χ1) is 10.4. The molecule has 22 heavy (non-hydrogen) atoms. The molecule has 0 aromatic heterocycles. The van der Waals surface area contributed by atoms with E-state index in [1.807, 2.05) is 18.2 Å². The van der Waals surface area contributed by atoms with Gasteiger partial charge < -0.3 is 9.05 Å². The molecule has 1 aliphatic carbocycles. The summed E-state index contributed by atoms with van der Waals surface area (Å²) in [6, 6.07) is 5.84. The van der Waals surface area contributed by atoms with Crippen LogP contribution in [0.1, 0.15) is 31.9 Å². The van der Waals surface area contributed by atoms with Crippen molar-refractivity contribution in [2.75, 3.05) is 19.4 Å². The van der Waals surface area contributed by atoms with Crippen LogP contribution in [0.2, 0.25) is 0 Å². The highest BCUT2D eigenvalue weighted by Gasteiger charge is 2.32. The fourth-order valence-electron chi connectivity index (χ4n) is 2.79. The maximum Gasteiger partial charge on any atom is 0.334 e. The van der Waals surface area contributed by atoms with Gasteiger partial charge in [-0.15, -0.1) is 0 Å². The second-order valence-electron chi connectivity index (χ2n) is 5.12. The fourth-order valence-corrected chi connectivity index (χ4v) is 4.98. The molecule has 0 fully saturated rings. The van der Waals surface area contributed by atoms with Crippen molar-refractivity contribution < 1.29 is 18.4 Å². The van der Waals surface area contributed by atoms with Gasteiger partial charge in [0.05, 0.1) is 19.4 Å². The van der Waals surface area contributed by atoms with E-state index in [9.17, 15) is 9.36 Å². The number of benzene rings is 1. The molecule has 0 bridgehead atoms. The van der Waals surface area contributed by atoms with Crippen LogP contribution in [-0.2, 0) is 24.8 Å². The van der Waals surface area contributed by atoms with Crippen LogP contribution in [0.5, 0.6) is 0 Å². The van der Waals surface area contributed by atoms with E-state index in [0.717, 1.165) is 21.2 Å². The second kappa shape index (κ2) is 7.22. The molecule has 0 heterocycles. The van der Waals surface area contributed by atoms with Crippen molar-refractivity contribution in [1.29, 1.82) is 0 Å². The molecule has 0 radical (unpaired) electrons. The van der Waals surface area contributed by atoms with Crippen molar-refractivity contribution in [3.8, 4) is 0 Å². The molecular weight excluding hydrogens is 367 g/mol. The van der Waals surface area contributed by atoms with Crippen LogP contribution < -0.4 is 0 Å². The summed E-state index contributed by atoms with van der Waals surface area (Å²) in [4.78, 5) is 12.1. The smallest absolute Gasteiger partial charge is 0.309 e. The largest absolute Gasteiger partial charge is 0.334 e. The normalized spacial score (nSPS) is 14.4. The molecule has 4 nitrogen and oxygen atoms in total. The van der Waals surface area contributed by atoms with Gasteiger partial charge in [-0.05, 0) is 56.0 Å². The van der Waals surface area contributed by atoms with Gasteiger partial charge in [0.1, 0.15) is 0 Å². The van der Waals surface area contributed by atoms with Gasteiger partial charge in [0.15, 0.2) is 5.78 Å². The van der Waals surface area contributed by atoms with Crippen molar-refractivity contribution in [1.82, 2.24) is 0 Å². The summed E-state index contributed by atoms with van der Waals surface area (Å²) in [5.74, 6) is -0.0179. The monoisotopic (exact) mass is 386 g/mol. The Morgan fingerprint density at radius 2 is 1.91 bits per heavy atom. The topological polar surface area (TPSA) is 52.6 Å². The zero-order valence-electron chi connectivity index (χ0n) is 13.0. The first-order valence-electron chi connectivity index (χ1n) is 7.30. The van der Waals surface area contributed by atoms with Crippen LogP contribution in [0.4, 0.5) is 0 Å². The Labute approximate surface area is 139 Å². The van der Waals surface area contributed by atoms with Gasteiger partial charge in [-0.25, -0.2) is 0 Å². The molecular formula is C16H20BrO4P. The second-order valence-corrected chi connectivity index (χ2v) is 8.09. The molecule has 6 heteroatoms. The highest BCUT2D eigenvalue weighted by molar-refractivity contribution is 9.10. The molecule has 0 aliphatic heterocycles. The number of halogens is 1. The van der Waals surface area contributed by atoms with Crippen LogP contribution in [0.15, 0.2) is 28.2 Å². The van der Waals surface area contributed by atoms with Crippen LogP contribution in [-0.4, -0.2) is 25.2 Å². The van der Waals surface area contributed by atoms with Gasteiger partial charge in [-0.1, -0.05) is 22.0 Å². The lowest BCUT2D eigenvalue weighted by Crippen LogP contribution is -2.05. The SMILES string of the molecule is CCOP(=O)(CC1=C(C(C)=O)c2ccc(Br)cc2C1)OCC. The summed E-state index contributed by atoms with van der Waals surface area (Å²) in [5, 5.41) is 0. The molecule has 1 aromatic carbocycles. The maximum absolute atomic E-state index is 12.8. The first-order valence-corrected chi connectivity index (χ1v) is 9.82. The lowest BCUT2D eigenvalue weighted by atomic mass is 10.0. The number of hydrogen-bond acceptors (Lipinski definition) is 4. The number of carbonyl (C=O) groups is 1. The standard InChI is InChI=1S/C16H20BrO4P/c1-4-20-22(19,21-5-2)10-13-8-12-9-14(17)6-7-15(12)16(13)11(3)18/h6-7,9H,4-5,8,10H2,1-3H3. The Morgan fingerprint density at radius 3 is 2.45 bits per heavy atom. The average molecular weight is 387 g/mol. The summed E-state index contributed by atoms with van der Waals surface area (Å²) < 4.78 is 24.4. The lowest BCUT2D eigenvalue weighted by Gasteiger charge is -2.18. The minimum Gasteiger partial charge on any atom is -0.309 e. The zero-order chi connectivity index (χ0) is 16.3. The summed E-state index contributed by atoms with van der Waals surface area (Å²) in [7, 11) is -3.21. The van der Waals surface area contributed by atoms with E-state index in [4.69, 9.17) is 9.05 Å². The van der Waals surface area contributed by atoms with E-state index in [1.54, 1.807) is 20.8 Å². The molecule has 120 valence electrons. The quantitative estimate of drug-likeness (QED) is 0.641. The van der Waals surface area contributed by atoms with E-state index >= 15 is 0 Å². The third-order valence-corrected chi connectivity index (χ3v) is 6.05. The summed E-state index contributed by atoms with van der Waals surface area (Å²) in [5.41, 5.74) is 3.48. The highest BCUT2D eigenvalue weighted by atomic mass is 79.9. The van der Waals surface area contributed by atoms with Gasteiger partial charge in [0.2, 0.25) is 0 Å². The summed E-state index contributed by atoms with van der Waals surface area (Å²) in [6.07, 6.45) is 0.768.